The minimum absolute atomic E-state index is 0.593. The molecular weight excluding hydrogens is 338 g/mol. The number of methoxy groups -OCH3 is 1. The van der Waals surface area contributed by atoms with Crippen molar-refractivity contribution in [1.29, 1.82) is 0 Å². The fraction of sp³-hybridized carbons (Fsp3) is 0.409. The molecule has 1 aromatic heterocycles. The topological polar surface area (TPSA) is 64.5 Å². The number of piperidine rings is 1. The number of benzene rings is 2. The molecule has 0 spiro atoms. The Morgan fingerprint density at radius 1 is 1.22 bits per heavy atom. The largest absolute Gasteiger partial charge is 0.496 e. The summed E-state index contributed by atoms with van der Waals surface area (Å²) in [5.41, 5.74) is 7.89. The van der Waals surface area contributed by atoms with Gasteiger partial charge in [0.1, 0.15) is 11.5 Å². The summed E-state index contributed by atoms with van der Waals surface area (Å²) in [5.74, 6) is 3.02. The number of hydrogen-bond acceptors (Lipinski definition) is 5. The van der Waals surface area contributed by atoms with Gasteiger partial charge in [-0.05, 0) is 56.3 Å². The first-order chi connectivity index (χ1) is 13.2. The average Bonchev–Trinajstić information content (AvgIpc) is 3.07. The van der Waals surface area contributed by atoms with Crippen LogP contribution in [0.3, 0.4) is 0 Å². The second-order valence-corrected chi connectivity index (χ2v) is 7.36. The van der Waals surface area contributed by atoms with Gasteiger partial charge in [-0.2, -0.15) is 0 Å². The van der Waals surface area contributed by atoms with Crippen LogP contribution in [0.2, 0.25) is 0 Å². The van der Waals surface area contributed by atoms with E-state index < -0.39 is 0 Å². The van der Waals surface area contributed by atoms with E-state index in [0.717, 1.165) is 59.7 Å². The highest BCUT2D eigenvalue weighted by Gasteiger charge is 2.22. The van der Waals surface area contributed by atoms with E-state index in [9.17, 15) is 0 Å². The van der Waals surface area contributed by atoms with Crippen LogP contribution in [0.5, 0.6) is 5.75 Å². The standard InChI is InChI=1S/C22H27N3O2/c1-15-20(14-25-11-5-6-16(12-23)13-25)24-22(27-15)19-9-10-21(26-2)18-8-4-3-7-17(18)19/h3-4,7-10,16H,5-6,11-14,23H2,1-2H3/t16-/m0/s1. The first kappa shape index (κ1) is 18.0. The third-order valence-corrected chi connectivity index (χ3v) is 5.54. The summed E-state index contributed by atoms with van der Waals surface area (Å²) in [7, 11) is 1.70. The van der Waals surface area contributed by atoms with E-state index in [1.165, 1.54) is 12.8 Å². The summed E-state index contributed by atoms with van der Waals surface area (Å²) in [6.45, 7) is 5.73. The zero-order valence-electron chi connectivity index (χ0n) is 16.1. The number of oxazole rings is 1. The number of aryl methyl sites for hydroxylation is 1. The molecule has 3 aromatic rings. The molecule has 27 heavy (non-hydrogen) atoms. The Labute approximate surface area is 160 Å². The molecule has 5 heteroatoms. The van der Waals surface area contributed by atoms with Crippen molar-refractivity contribution in [2.45, 2.75) is 26.3 Å². The predicted octanol–water partition coefficient (Wildman–Crippen LogP) is 3.98. The van der Waals surface area contributed by atoms with E-state index in [0.29, 0.717) is 11.8 Å². The summed E-state index contributed by atoms with van der Waals surface area (Å²) in [6, 6.07) is 12.2. The lowest BCUT2D eigenvalue weighted by molar-refractivity contribution is 0.169. The minimum Gasteiger partial charge on any atom is -0.496 e. The summed E-state index contributed by atoms with van der Waals surface area (Å²) < 4.78 is 11.6. The minimum atomic E-state index is 0.593. The van der Waals surface area contributed by atoms with Crippen LogP contribution in [-0.2, 0) is 6.54 Å². The highest BCUT2D eigenvalue weighted by atomic mass is 16.5. The number of nitrogens with zero attached hydrogens (tertiary/aromatic N) is 2. The zero-order valence-corrected chi connectivity index (χ0v) is 16.1. The van der Waals surface area contributed by atoms with Gasteiger partial charge >= 0.3 is 0 Å². The molecule has 0 amide bonds. The van der Waals surface area contributed by atoms with E-state index in [1.807, 2.05) is 31.2 Å². The van der Waals surface area contributed by atoms with Gasteiger partial charge in [-0.15, -0.1) is 0 Å². The Bertz CT molecular complexity index is 934. The molecule has 2 aromatic carbocycles. The van der Waals surface area contributed by atoms with Crippen LogP contribution in [0.1, 0.15) is 24.3 Å². The first-order valence-electron chi connectivity index (χ1n) is 9.64. The average molecular weight is 365 g/mol. The Kier molecular flexibility index (Phi) is 5.14. The quantitative estimate of drug-likeness (QED) is 0.741. The molecular formula is C22H27N3O2. The fourth-order valence-electron chi connectivity index (χ4n) is 4.02. The van der Waals surface area contributed by atoms with Crippen molar-refractivity contribution in [3.8, 4) is 17.2 Å². The lowest BCUT2D eigenvalue weighted by atomic mass is 9.98. The Morgan fingerprint density at radius 2 is 2.04 bits per heavy atom. The van der Waals surface area contributed by atoms with E-state index in [-0.39, 0.29) is 0 Å². The third kappa shape index (κ3) is 3.57. The van der Waals surface area contributed by atoms with E-state index in [2.05, 4.69) is 17.0 Å². The molecule has 1 saturated heterocycles. The van der Waals surface area contributed by atoms with Crippen LogP contribution in [0.4, 0.5) is 0 Å². The second kappa shape index (κ2) is 7.71. The van der Waals surface area contributed by atoms with Crippen molar-refractivity contribution in [3.05, 3.63) is 47.9 Å². The van der Waals surface area contributed by atoms with Gasteiger partial charge in [0, 0.05) is 24.0 Å². The van der Waals surface area contributed by atoms with Crippen molar-refractivity contribution in [2.75, 3.05) is 26.7 Å². The molecule has 5 nitrogen and oxygen atoms in total. The second-order valence-electron chi connectivity index (χ2n) is 7.36. The van der Waals surface area contributed by atoms with Gasteiger partial charge in [0.15, 0.2) is 0 Å². The van der Waals surface area contributed by atoms with E-state index in [1.54, 1.807) is 7.11 Å². The summed E-state index contributed by atoms with van der Waals surface area (Å²) in [4.78, 5) is 7.30. The monoisotopic (exact) mass is 365 g/mol. The van der Waals surface area contributed by atoms with Crippen molar-refractivity contribution in [2.24, 2.45) is 11.7 Å². The molecule has 0 unspecified atom stereocenters. The van der Waals surface area contributed by atoms with Crippen LogP contribution < -0.4 is 10.5 Å². The molecule has 0 saturated carbocycles. The molecule has 4 rings (SSSR count). The van der Waals surface area contributed by atoms with Gasteiger partial charge in [-0.1, -0.05) is 24.3 Å². The number of rotatable bonds is 5. The molecule has 142 valence electrons. The molecule has 2 N–H and O–H groups in total. The SMILES string of the molecule is COc1ccc(-c2nc(CN3CCC[C@@H](CN)C3)c(C)o2)c2ccccc12. The number of aromatic nitrogens is 1. The van der Waals surface area contributed by atoms with Crippen LogP contribution in [0, 0.1) is 12.8 Å². The number of hydrogen-bond donors (Lipinski definition) is 1. The smallest absolute Gasteiger partial charge is 0.227 e. The van der Waals surface area contributed by atoms with E-state index in [4.69, 9.17) is 19.9 Å². The number of fused-ring (bicyclic) bond motifs is 1. The molecule has 0 bridgehead atoms. The highest BCUT2D eigenvalue weighted by molar-refractivity contribution is 5.98. The molecule has 2 heterocycles. The third-order valence-electron chi connectivity index (χ3n) is 5.54. The Hall–Kier alpha value is -2.37. The Morgan fingerprint density at radius 3 is 2.81 bits per heavy atom. The van der Waals surface area contributed by atoms with Crippen molar-refractivity contribution < 1.29 is 9.15 Å². The van der Waals surface area contributed by atoms with Crippen molar-refractivity contribution >= 4 is 10.8 Å². The number of nitrogens with two attached hydrogens (primary N) is 1. The van der Waals surface area contributed by atoms with E-state index >= 15 is 0 Å². The summed E-state index contributed by atoms with van der Waals surface area (Å²) >= 11 is 0. The van der Waals surface area contributed by atoms with Crippen LogP contribution in [0.25, 0.3) is 22.2 Å². The fourth-order valence-corrected chi connectivity index (χ4v) is 4.02. The molecule has 1 aliphatic rings. The van der Waals surface area contributed by atoms with Gasteiger partial charge in [0.2, 0.25) is 5.89 Å². The first-order valence-corrected chi connectivity index (χ1v) is 9.64. The van der Waals surface area contributed by atoms with Crippen LogP contribution in [0.15, 0.2) is 40.8 Å². The summed E-state index contributed by atoms with van der Waals surface area (Å²) in [5, 5.41) is 2.16. The lowest BCUT2D eigenvalue weighted by Crippen LogP contribution is -2.38. The number of ether oxygens (including phenoxy) is 1. The van der Waals surface area contributed by atoms with Gasteiger partial charge in [-0.25, -0.2) is 4.98 Å². The highest BCUT2D eigenvalue weighted by Crippen LogP contribution is 2.35. The maximum absolute atomic E-state index is 6.07. The molecule has 0 radical (unpaired) electrons. The molecule has 1 aliphatic heterocycles. The van der Waals surface area contributed by atoms with Crippen LogP contribution in [-0.4, -0.2) is 36.6 Å². The van der Waals surface area contributed by atoms with Gasteiger partial charge in [-0.3, -0.25) is 4.90 Å². The van der Waals surface area contributed by atoms with Crippen LogP contribution >= 0.6 is 0 Å². The molecule has 1 fully saturated rings. The van der Waals surface area contributed by atoms with Crippen molar-refractivity contribution in [1.82, 2.24) is 9.88 Å². The van der Waals surface area contributed by atoms with Gasteiger partial charge in [0.05, 0.1) is 12.8 Å². The molecule has 0 aliphatic carbocycles. The van der Waals surface area contributed by atoms with Gasteiger partial charge < -0.3 is 14.9 Å². The van der Waals surface area contributed by atoms with Crippen molar-refractivity contribution in [3.63, 3.8) is 0 Å². The maximum atomic E-state index is 6.07. The van der Waals surface area contributed by atoms with Gasteiger partial charge in [0.25, 0.3) is 0 Å². The normalized spacial score (nSPS) is 18.1. The predicted molar refractivity (Wildman–Crippen MR) is 108 cm³/mol. The lowest BCUT2D eigenvalue weighted by Gasteiger charge is -2.31. The maximum Gasteiger partial charge on any atom is 0.227 e. The zero-order chi connectivity index (χ0) is 18.8. The molecule has 1 atom stereocenters. The summed E-state index contributed by atoms with van der Waals surface area (Å²) in [6.07, 6.45) is 2.43. The Balaban J connectivity index is 1.65. The number of likely N-dealkylation sites (tertiary alicyclic amines) is 1.